The number of amides is 3. The van der Waals surface area contributed by atoms with Crippen LogP contribution in [0.15, 0.2) is 24.3 Å². The predicted octanol–water partition coefficient (Wildman–Crippen LogP) is 14.2. The van der Waals surface area contributed by atoms with E-state index in [1.165, 1.54) is 122 Å². The van der Waals surface area contributed by atoms with Crippen molar-refractivity contribution in [2.45, 2.75) is 265 Å². The third-order valence-electron chi connectivity index (χ3n) is 12.8. The number of ether oxygens (including phenoxy) is 4. The van der Waals surface area contributed by atoms with Crippen LogP contribution in [0.25, 0.3) is 0 Å². The van der Waals surface area contributed by atoms with Crippen molar-refractivity contribution < 1.29 is 42.9 Å². The fourth-order valence-corrected chi connectivity index (χ4v) is 8.46. The van der Waals surface area contributed by atoms with Crippen LogP contribution in [0, 0.1) is 0 Å². The molecular weight excluding hydrogens is 909 g/mol. The summed E-state index contributed by atoms with van der Waals surface area (Å²) in [7, 11) is 0. The number of esters is 2. The Morgan fingerprint density at radius 1 is 0.472 bits per heavy atom. The third-order valence-corrected chi connectivity index (χ3v) is 12.8. The molecule has 0 bridgehead atoms. The number of unbranched alkanes of at least 4 members (excludes halogenated alkanes) is 24. The van der Waals surface area contributed by atoms with Gasteiger partial charge in [-0.1, -0.05) is 154 Å². The van der Waals surface area contributed by atoms with Gasteiger partial charge in [-0.25, -0.2) is 14.4 Å². The Labute approximate surface area is 440 Å². The highest BCUT2D eigenvalue weighted by Gasteiger charge is 2.30. The first-order valence-electron chi connectivity index (χ1n) is 29.1. The van der Waals surface area contributed by atoms with Crippen molar-refractivity contribution in [1.29, 1.82) is 0 Å². The van der Waals surface area contributed by atoms with Crippen LogP contribution in [-0.2, 0) is 33.3 Å². The van der Waals surface area contributed by atoms with E-state index in [1.54, 1.807) is 51.3 Å². The van der Waals surface area contributed by atoms with Crippen molar-refractivity contribution in [1.82, 2.24) is 20.0 Å². The van der Waals surface area contributed by atoms with Gasteiger partial charge in [-0.15, -0.1) is 0 Å². The molecule has 0 aromatic rings. The van der Waals surface area contributed by atoms with E-state index in [0.29, 0.717) is 19.7 Å². The monoisotopic (exact) mass is 1020 g/mol. The second-order valence-electron chi connectivity index (χ2n) is 22.1. The van der Waals surface area contributed by atoms with Gasteiger partial charge in [0.2, 0.25) is 5.91 Å². The minimum atomic E-state index is -1.04. The zero-order valence-electron chi connectivity index (χ0n) is 47.5. The lowest BCUT2D eigenvalue weighted by Gasteiger charge is -2.30. The van der Waals surface area contributed by atoms with Crippen LogP contribution in [-0.4, -0.2) is 121 Å². The molecule has 3 amide bonds. The Morgan fingerprint density at radius 2 is 0.819 bits per heavy atom. The van der Waals surface area contributed by atoms with Crippen LogP contribution in [0.2, 0.25) is 0 Å². The lowest BCUT2D eigenvalue weighted by atomic mass is 10.1. The van der Waals surface area contributed by atoms with Crippen molar-refractivity contribution in [3.05, 3.63) is 24.3 Å². The Morgan fingerprint density at radius 3 is 1.21 bits per heavy atom. The van der Waals surface area contributed by atoms with E-state index >= 15 is 0 Å². The first-order valence-corrected chi connectivity index (χ1v) is 29.1. The molecule has 0 saturated carbocycles. The third kappa shape index (κ3) is 39.9. The number of hydrogen-bond acceptors (Lipinski definition) is 10. The topological polar surface area (TPSA) is 144 Å². The first-order chi connectivity index (χ1) is 34.5. The van der Waals surface area contributed by atoms with E-state index in [1.807, 2.05) is 4.90 Å². The number of carbonyl (C=O) groups excluding carboxylic acids is 5. The van der Waals surface area contributed by atoms with Gasteiger partial charge in [0.05, 0.1) is 19.8 Å². The molecule has 1 aliphatic heterocycles. The first kappa shape index (κ1) is 66.4. The molecule has 418 valence electrons. The summed E-state index contributed by atoms with van der Waals surface area (Å²) in [6, 6.07) is -1.04. The summed E-state index contributed by atoms with van der Waals surface area (Å²) in [4.78, 5) is 71.6. The van der Waals surface area contributed by atoms with Crippen LogP contribution in [0.5, 0.6) is 0 Å². The highest BCUT2D eigenvalue weighted by Crippen LogP contribution is 2.16. The predicted molar refractivity (Wildman–Crippen MR) is 294 cm³/mol. The number of carbonyl (C=O) groups is 5. The highest BCUT2D eigenvalue weighted by molar-refractivity contribution is 5.86. The molecule has 1 saturated heterocycles. The Kier molecular flexibility index (Phi) is 39.4. The van der Waals surface area contributed by atoms with Gasteiger partial charge in [-0.2, -0.15) is 0 Å². The molecular formula is C59H108N4O9. The number of rotatable bonds is 39. The van der Waals surface area contributed by atoms with Gasteiger partial charge < -0.3 is 34.1 Å². The van der Waals surface area contributed by atoms with Crippen molar-refractivity contribution >= 4 is 30.0 Å². The molecule has 1 heterocycles. The van der Waals surface area contributed by atoms with Crippen molar-refractivity contribution in [2.75, 3.05) is 59.0 Å². The standard InChI is InChI=1S/C59H108N4O9/c1-9-11-13-15-17-19-21-23-25-27-29-31-33-35-37-39-49-69-54(65)42-41-52(55(66)70-50-40-38-36-34-32-30-28-26-24-22-20-18-16-14-12-10-2)60-53(64)51-61-43-45-62(56(67)71-58(3,4)5)47-48-63(46-44-61)57(68)72-59(6,7)8/h23-26,52H,9-22,27-51H2,1-8H3,(H,60,64). The molecule has 1 unspecified atom stereocenters. The van der Waals surface area contributed by atoms with E-state index in [9.17, 15) is 24.0 Å². The largest absolute Gasteiger partial charge is 0.466 e. The van der Waals surface area contributed by atoms with Crippen LogP contribution in [0.4, 0.5) is 9.59 Å². The van der Waals surface area contributed by atoms with Gasteiger partial charge in [0.15, 0.2) is 0 Å². The van der Waals surface area contributed by atoms with Gasteiger partial charge in [0.25, 0.3) is 0 Å². The molecule has 1 atom stereocenters. The number of hydrogen-bond donors (Lipinski definition) is 1. The molecule has 1 N–H and O–H groups in total. The Hall–Kier alpha value is -3.61. The fraction of sp³-hybridized carbons (Fsp3) is 0.847. The minimum absolute atomic E-state index is 0.0416. The van der Waals surface area contributed by atoms with Crippen molar-refractivity contribution in [2.24, 2.45) is 0 Å². The van der Waals surface area contributed by atoms with E-state index in [-0.39, 0.29) is 52.2 Å². The summed E-state index contributed by atoms with van der Waals surface area (Å²) in [5.41, 5.74) is -1.44. The summed E-state index contributed by atoms with van der Waals surface area (Å²) < 4.78 is 22.6. The molecule has 0 aromatic carbocycles. The maximum Gasteiger partial charge on any atom is 0.410 e. The lowest BCUT2D eigenvalue weighted by molar-refractivity contribution is -0.149. The summed E-state index contributed by atoms with van der Waals surface area (Å²) >= 11 is 0. The van der Waals surface area contributed by atoms with Gasteiger partial charge >= 0.3 is 24.1 Å². The normalized spacial score (nSPS) is 14.5. The van der Waals surface area contributed by atoms with Crippen LogP contribution in [0.1, 0.15) is 248 Å². The number of nitrogens with zero attached hydrogens (tertiary/aromatic N) is 3. The average molecular weight is 1020 g/mol. The van der Waals surface area contributed by atoms with Crippen LogP contribution >= 0.6 is 0 Å². The van der Waals surface area contributed by atoms with Crippen molar-refractivity contribution in [3.63, 3.8) is 0 Å². The SMILES string of the molecule is CCCCCCCCC=CCCCCCCCCOC(=O)CCC(NC(=O)CN1CCN(C(=O)OC(C)(C)C)CCN(C(=O)OC(C)(C)C)CC1)C(=O)OCCCCCCCCC=CCCCCCCCC. The number of allylic oxidation sites excluding steroid dienone is 4. The molecule has 1 fully saturated rings. The van der Waals surface area contributed by atoms with Gasteiger partial charge in [-0.05, 0) is 112 Å². The molecule has 13 heteroatoms. The smallest absolute Gasteiger partial charge is 0.410 e. The summed E-state index contributed by atoms with van der Waals surface area (Å²) in [5, 5.41) is 2.85. The van der Waals surface area contributed by atoms with E-state index in [4.69, 9.17) is 18.9 Å². The molecule has 0 aromatic heterocycles. The summed E-state index contributed by atoms with van der Waals surface area (Å²) in [6.07, 6.45) is 41.6. The van der Waals surface area contributed by atoms with Crippen LogP contribution in [0.3, 0.4) is 0 Å². The maximum absolute atomic E-state index is 13.7. The Balaban J connectivity index is 2.72. The molecule has 0 aliphatic carbocycles. The molecule has 1 aliphatic rings. The van der Waals surface area contributed by atoms with Gasteiger partial charge in [0.1, 0.15) is 17.2 Å². The Bertz CT molecular complexity index is 1430. The van der Waals surface area contributed by atoms with E-state index in [2.05, 4.69) is 43.5 Å². The molecule has 0 radical (unpaired) electrons. The molecule has 0 spiro atoms. The molecule has 1 rings (SSSR count). The van der Waals surface area contributed by atoms with Crippen molar-refractivity contribution in [3.8, 4) is 0 Å². The second kappa shape index (κ2) is 42.7. The molecule has 13 nitrogen and oxygen atoms in total. The van der Waals surface area contributed by atoms with Gasteiger partial charge in [0, 0.05) is 45.7 Å². The highest BCUT2D eigenvalue weighted by atomic mass is 16.6. The zero-order chi connectivity index (χ0) is 53.1. The minimum Gasteiger partial charge on any atom is -0.466 e. The fourth-order valence-electron chi connectivity index (χ4n) is 8.46. The maximum atomic E-state index is 13.7. The van der Waals surface area contributed by atoms with Crippen LogP contribution < -0.4 is 5.32 Å². The zero-order valence-corrected chi connectivity index (χ0v) is 47.5. The molecule has 72 heavy (non-hydrogen) atoms. The lowest BCUT2D eigenvalue weighted by Crippen LogP contribution is -2.48. The quantitative estimate of drug-likeness (QED) is 0.0273. The summed E-state index contributed by atoms with van der Waals surface area (Å²) in [6.45, 7) is 17.4. The van der Waals surface area contributed by atoms with Gasteiger partial charge in [-0.3, -0.25) is 14.5 Å². The number of nitrogens with one attached hydrogen (secondary N) is 1. The summed E-state index contributed by atoms with van der Waals surface area (Å²) in [5.74, 6) is -1.42. The van der Waals surface area contributed by atoms with E-state index in [0.717, 1.165) is 57.8 Å². The average Bonchev–Trinajstić information content (AvgIpc) is 3.42. The van der Waals surface area contributed by atoms with E-state index < -0.39 is 47.3 Å². The second-order valence-corrected chi connectivity index (χ2v) is 22.1.